The number of hydrogen-bond donors (Lipinski definition) is 2. The molecule has 1 unspecified atom stereocenters. The van der Waals surface area contributed by atoms with Crippen LogP contribution in [0.15, 0.2) is 24.3 Å². The number of aliphatic hydroxyl groups is 1. The Morgan fingerprint density at radius 2 is 2.11 bits per heavy atom. The highest BCUT2D eigenvalue weighted by molar-refractivity contribution is 5.20. The molecule has 0 aromatic heterocycles. The van der Waals surface area contributed by atoms with Gasteiger partial charge in [0, 0.05) is 19.2 Å². The van der Waals surface area contributed by atoms with Crippen molar-refractivity contribution < 1.29 is 9.50 Å². The van der Waals surface area contributed by atoms with Gasteiger partial charge in [-0.05, 0) is 42.4 Å². The van der Waals surface area contributed by atoms with E-state index in [1.54, 1.807) is 12.1 Å². The maximum atomic E-state index is 13.2. The molecule has 0 aliphatic rings. The second-order valence-electron chi connectivity index (χ2n) is 5.89. The Labute approximate surface area is 116 Å². The van der Waals surface area contributed by atoms with Crippen LogP contribution >= 0.6 is 0 Å². The van der Waals surface area contributed by atoms with E-state index in [1.807, 2.05) is 6.07 Å². The molecule has 1 aromatic rings. The number of rotatable bonds is 8. The van der Waals surface area contributed by atoms with E-state index in [1.165, 1.54) is 6.07 Å². The van der Waals surface area contributed by atoms with Gasteiger partial charge in [-0.3, -0.25) is 0 Å². The van der Waals surface area contributed by atoms with Crippen molar-refractivity contribution in [3.8, 4) is 0 Å². The van der Waals surface area contributed by atoms with E-state index >= 15 is 0 Å². The van der Waals surface area contributed by atoms with Crippen LogP contribution in [0.3, 0.4) is 0 Å². The molecule has 0 saturated heterocycles. The summed E-state index contributed by atoms with van der Waals surface area (Å²) in [4.78, 5) is 0. The van der Waals surface area contributed by atoms with Gasteiger partial charge in [-0.2, -0.15) is 0 Å². The van der Waals surface area contributed by atoms with Gasteiger partial charge in [-0.1, -0.05) is 32.9 Å². The molecule has 1 aromatic carbocycles. The predicted octanol–water partition coefficient (Wildman–Crippen LogP) is 3.67. The first kappa shape index (κ1) is 16.1. The maximum absolute atomic E-state index is 13.2. The SMILES string of the molecule is CCC(NCC(C)(C)CCCO)c1cccc(F)c1. The molecule has 0 fully saturated rings. The number of hydrogen-bond acceptors (Lipinski definition) is 2. The summed E-state index contributed by atoms with van der Waals surface area (Å²) in [6, 6.07) is 6.98. The zero-order valence-corrected chi connectivity index (χ0v) is 12.2. The molecule has 1 atom stereocenters. The van der Waals surface area contributed by atoms with Crippen LogP contribution in [0.2, 0.25) is 0 Å². The van der Waals surface area contributed by atoms with Gasteiger partial charge in [0.15, 0.2) is 0 Å². The van der Waals surface area contributed by atoms with Gasteiger partial charge in [-0.25, -0.2) is 4.39 Å². The maximum Gasteiger partial charge on any atom is 0.123 e. The van der Waals surface area contributed by atoms with Crippen molar-refractivity contribution in [3.05, 3.63) is 35.6 Å². The average Bonchev–Trinajstić information content (AvgIpc) is 2.37. The highest BCUT2D eigenvalue weighted by atomic mass is 19.1. The lowest BCUT2D eigenvalue weighted by Gasteiger charge is -2.28. The largest absolute Gasteiger partial charge is 0.396 e. The summed E-state index contributed by atoms with van der Waals surface area (Å²) in [5.74, 6) is -0.183. The van der Waals surface area contributed by atoms with Crippen molar-refractivity contribution >= 4 is 0 Å². The van der Waals surface area contributed by atoms with Crippen LogP contribution in [0.25, 0.3) is 0 Å². The number of benzene rings is 1. The molecule has 0 saturated carbocycles. The summed E-state index contributed by atoms with van der Waals surface area (Å²) in [5, 5.41) is 12.4. The van der Waals surface area contributed by atoms with E-state index in [4.69, 9.17) is 5.11 Å². The van der Waals surface area contributed by atoms with Crippen molar-refractivity contribution in [1.82, 2.24) is 5.32 Å². The molecule has 0 amide bonds. The molecular weight excluding hydrogens is 241 g/mol. The molecule has 0 aliphatic heterocycles. The van der Waals surface area contributed by atoms with Gasteiger partial charge in [0.05, 0.1) is 0 Å². The van der Waals surface area contributed by atoms with Crippen molar-refractivity contribution in [1.29, 1.82) is 0 Å². The van der Waals surface area contributed by atoms with Crippen LogP contribution < -0.4 is 5.32 Å². The van der Waals surface area contributed by atoms with E-state index in [-0.39, 0.29) is 23.9 Å². The van der Waals surface area contributed by atoms with Crippen LogP contribution in [-0.2, 0) is 0 Å². The van der Waals surface area contributed by atoms with Crippen molar-refractivity contribution in [2.24, 2.45) is 5.41 Å². The third-order valence-corrected chi connectivity index (χ3v) is 3.50. The fraction of sp³-hybridized carbons (Fsp3) is 0.625. The fourth-order valence-corrected chi connectivity index (χ4v) is 2.27. The minimum Gasteiger partial charge on any atom is -0.396 e. The quantitative estimate of drug-likeness (QED) is 0.753. The first-order valence-corrected chi connectivity index (χ1v) is 7.08. The summed E-state index contributed by atoms with van der Waals surface area (Å²) in [7, 11) is 0. The number of aliphatic hydroxyl groups excluding tert-OH is 1. The smallest absolute Gasteiger partial charge is 0.123 e. The first-order chi connectivity index (χ1) is 8.98. The first-order valence-electron chi connectivity index (χ1n) is 7.08. The zero-order chi connectivity index (χ0) is 14.3. The van der Waals surface area contributed by atoms with E-state index in [0.717, 1.165) is 31.4 Å². The predicted molar refractivity (Wildman–Crippen MR) is 77.5 cm³/mol. The zero-order valence-electron chi connectivity index (χ0n) is 12.2. The molecule has 2 nitrogen and oxygen atoms in total. The molecule has 19 heavy (non-hydrogen) atoms. The topological polar surface area (TPSA) is 32.3 Å². The lowest BCUT2D eigenvalue weighted by atomic mass is 9.87. The molecule has 1 rings (SSSR count). The van der Waals surface area contributed by atoms with Crippen LogP contribution in [0.1, 0.15) is 51.6 Å². The van der Waals surface area contributed by atoms with Crippen LogP contribution in [0.4, 0.5) is 4.39 Å². The minimum absolute atomic E-state index is 0.142. The van der Waals surface area contributed by atoms with E-state index < -0.39 is 0 Å². The van der Waals surface area contributed by atoms with Gasteiger partial charge in [0.1, 0.15) is 5.82 Å². The highest BCUT2D eigenvalue weighted by Gasteiger charge is 2.19. The summed E-state index contributed by atoms with van der Waals surface area (Å²) < 4.78 is 13.2. The second-order valence-corrected chi connectivity index (χ2v) is 5.89. The van der Waals surface area contributed by atoms with E-state index in [2.05, 4.69) is 26.1 Å². The number of halogens is 1. The fourth-order valence-electron chi connectivity index (χ4n) is 2.27. The summed E-state index contributed by atoms with van der Waals surface area (Å²) in [6.45, 7) is 7.58. The Morgan fingerprint density at radius 1 is 1.37 bits per heavy atom. The van der Waals surface area contributed by atoms with Crippen LogP contribution in [0.5, 0.6) is 0 Å². The molecule has 2 N–H and O–H groups in total. The number of nitrogens with one attached hydrogen (secondary N) is 1. The molecule has 108 valence electrons. The molecule has 0 radical (unpaired) electrons. The Morgan fingerprint density at radius 3 is 2.68 bits per heavy atom. The highest BCUT2D eigenvalue weighted by Crippen LogP contribution is 2.24. The molecule has 0 bridgehead atoms. The normalized spacial score (nSPS) is 13.5. The molecule has 3 heteroatoms. The Kier molecular flexibility index (Phi) is 6.46. The van der Waals surface area contributed by atoms with E-state index in [9.17, 15) is 4.39 Å². The van der Waals surface area contributed by atoms with Gasteiger partial charge in [0.25, 0.3) is 0 Å². The van der Waals surface area contributed by atoms with Crippen LogP contribution in [-0.4, -0.2) is 18.3 Å². The Balaban J connectivity index is 2.58. The van der Waals surface area contributed by atoms with Crippen molar-refractivity contribution in [3.63, 3.8) is 0 Å². The standard InChI is InChI=1S/C16H26FNO/c1-4-15(13-7-5-8-14(17)11-13)18-12-16(2,3)9-6-10-19/h5,7-8,11,15,18-19H,4,6,9-10,12H2,1-3H3. The molecule has 0 heterocycles. The van der Waals surface area contributed by atoms with Gasteiger partial charge in [-0.15, -0.1) is 0 Å². The average molecular weight is 267 g/mol. The van der Waals surface area contributed by atoms with Gasteiger partial charge in [0.2, 0.25) is 0 Å². The second kappa shape index (κ2) is 7.61. The summed E-state index contributed by atoms with van der Waals surface area (Å²) >= 11 is 0. The molecular formula is C16H26FNO. The van der Waals surface area contributed by atoms with Gasteiger partial charge < -0.3 is 10.4 Å². The monoisotopic (exact) mass is 267 g/mol. The Hall–Kier alpha value is -0.930. The van der Waals surface area contributed by atoms with Gasteiger partial charge >= 0.3 is 0 Å². The van der Waals surface area contributed by atoms with Crippen molar-refractivity contribution in [2.75, 3.05) is 13.2 Å². The molecule has 0 spiro atoms. The Bertz CT molecular complexity index is 379. The van der Waals surface area contributed by atoms with Crippen LogP contribution in [0, 0.1) is 11.2 Å². The van der Waals surface area contributed by atoms with Crippen molar-refractivity contribution in [2.45, 2.75) is 46.1 Å². The lowest BCUT2D eigenvalue weighted by molar-refractivity contribution is 0.231. The molecule has 0 aliphatic carbocycles. The minimum atomic E-state index is -0.183. The third kappa shape index (κ3) is 5.70. The lowest BCUT2D eigenvalue weighted by Crippen LogP contribution is -2.32. The third-order valence-electron chi connectivity index (χ3n) is 3.50. The summed E-state index contributed by atoms with van der Waals surface area (Å²) in [6.07, 6.45) is 2.74. The summed E-state index contributed by atoms with van der Waals surface area (Å²) in [5.41, 5.74) is 1.14. The van der Waals surface area contributed by atoms with E-state index in [0.29, 0.717) is 0 Å².